The third kappa shape index (κ3) is 3.20. The molecule has 1 fully saturated rings. The van der Waals surface area contributed by atoms with E-state index >= 15 is 0 Å². The predicted molar refractivity (Wildman–Crippen MR) is 88.0 cm³/mol. The Bertz CT molecular complexity index is 651. The van der Waals surface area contributed by atoms with Gasteiger partial charge in [-0.2, -0.15) is 0 Å². The monoisotopic (exact) mass is 316 g/mol. The second-order valence-electron chi connectivity index (χ2n) is 5.66. The summed E-state index contributed by atoms with van der Waals surface area (Å²) in [5.74, 6) is -0.719. The molecular weight excluding hydrogens is 296 g/mol. The molecule has 0 radical (unpaired) electrons. The van der Waals surface area contributed by atoms with Crippen molar-refractivity contribution in [2.45, 2.75) is 38.8 Å². The number of carboxylic acids is 1. The van der Waals surface area contributed by atoms with Gasteiger partial charge in [0, 0.05) is 17.5 Å². The second kappa shape index (κ2) is 6.58. The largest absolute Gasteiger partial charge is 0.480 e. The molecule has 0 unspecified atom stereocenters. The number of likely N-dealkylation sites (tertiary alicyclic amines) is 1. The minimum absolute atomic E-state index is 0.353. The topological polar surface area (TPSA) is 53.4 Å². The molecule has 1 aliphatic rings. The van der Waals surface area contributed by atoms with Gasteiger partial charge >= 0.3 is 5.97 Å². The van der Waals surface area contributed by atoms with Crippen LogP contribution in [0, 0.1) is 0 Å². The van der Waals surface area contributed by atoms with Crippen molar-refractivity contribution in [3.63, 3.8) is 0 Å². The Kier molecular flexibility index (Phi) is 4.55. The zero-order valence-electron chi connectivity index (χ0n) is 12.7. The zero-order chi connectivity index (χ0) is 15.5. The Morgan fingerprint density at radius 2 is 2.18 bits per heavy atom. The average Bonchev–Trinajstić information content (AvgIpc) is 3.17. The summed E-state index contributed by atoms with van der Waals surface area (Å²) in [5, 5.41) is 12.3. The van der Waals surface area contributed by atoms with Crippen molar-refractivity contribution >= 4 is 17.3 Å². The van der Waals surface area contributed by atoms with Crippen LogP contribution in [-0.4, -0.2) is 33.5 Å². The van der Waals surface area contributed by atoms with E-state index in [-0.39, 0.29) is 6.04 Å². The van der Waals surface area contributed by atoms with E-state index in [9.17, 15) is 9.90 Å². The average molecular weight is 316 g/mol. The number of aliphatic carboxylic acids is 1. The first-order chi connectivity index (χ1) is 10.7. The van der Waals surface area contributed by atoms with Crippen LogP contribution >= 0.6 is 11.3 Å². The van der Waals surface area contributed by atoms with Crippen LogP contribution in [-0.2, 0) is 17.8 Å². The highest BCUT2D eigenvalue weighted by Crippen LogP contribution is 2.26. The van der Waals surface area contributed by atoms with Gasteiger partial charge in [0.05, 0.1) is 5.69 Å². The van der Waals surface area contributed by atoms with Crippen molar-refractivity contribution in [1.82, 2.24) is 9.88 Å². The Balaban J connectivity index is 1.72. The molecule has 0 bridgehead atoms. The molecule has 0 amide bonds. The summed E-state index contributed by atoms with van der Waals surface area (Å²) in [4.78, 5) is 17.9. The van der Waals surface area contributed by atoms with Crippen LogP contribution in [0.1, 0.15) is 31.0 Å². The highest BCUT2D eigenvalue weighted by Gasteiger charge is 2.30. The van der Waals surface area contributed by atoms with E-state index in [2.05, 4.69) is 36.2 Å². The van der Waals surface area contributed by atoms with E-state index in [0.717, 1.165) is 42.1 Å². The number of nitrogens with zero attached hydrogens (tertiary/aromatic N) is 2. The summed E-state index contributed by atoms with van der Waals surface area (Å²) < 4.78 is 0. The number of hydrogen-bond acceptors (Lipinski definition) is 4. The number of aryl methyl sites for hydroxylation is 1. The normalized spacial score (nSPS) is 18.7. The van der Waals surface area contributed by atoms with E-state index in [1.54, 1.807) is 11.3 Å². The van der Waals surface area contributed by atoms with Gasteiger partial charge in [-0.3, -0.25) is 9.69 Å². The first-order valence-corrected chi connectivity index (χ1v) is 8.56. The molecule has 0 aliphatic carbocycles. The Morgan fingerprint density at radius 3 is 2.86 bits per heavy atom. The van der Waals surface area contributed by atoms with E-state index in [0.29, 0.717) is 6.54 Å². The molecule has 1 N–H and O–H groups in total. The van der Waals surface area contributed by atoms with Crippen LogP contribution < -0.4 is 0 Å². The van der Waals surface area contributed by atoms with Gasteiger partial charge in [-0.25, -0.2) is 4.98 Å². The molecule has 22 heavy (non-hydrogen) atoms. The van der Waals surface area contributed by atoms with Gasteiger partial charge in [0.1, 0.15) is 11.0 Å². The zero-order valence-corrected chi connectivity index (χ0v) is 13.5. The van der Waals surface area contributed by atoms with E-state index < -0.39 is 5.97 Å². The number of aromatic nitrogens is 1. The number of carboxylic acid groups (broad SMARTS) is 1. The van der Waals surface area contributed by atoms with Crippen molar-refractivity contribution < 1.29 is 9.90 Å². The van der Waals surface area contributed by atoms with Crippen LogP contribution in [0.2, 0.25) is 0 Å². The number of rotatable bonds is 5. The summed E-state index contributed by atoms with van der Waals surface area (Å²) >= 11 is 1.62. The summed E-state index contributed by atoms with van der Waals surface area (Å²) in [6.45, 7) is 3.61. The van der Waals surface area contributed by atoms with Crippen molar-refractivity contribution in [1.29, 1.82) is 0 Å². The van der Waals surface area contributed by atoms with Crippen LogP contribution in [0.3, 0.4) is 0 Å². The molecule has 0 saturated carbocycles. The number of carbonyl (C=O) groups is 1. The van der Waals surface area contributed by atoms with E-state index in [1.165, 1.54) is 5.56 Å². The summed E-state index contributed by atoms with van der Waals surface area (Å²) in [7, 11) is 0. The quantitative estimate of drug-likeness (QED) is 0.918. The molecular formula is C17H20N2O2S. The highest BCUT2D eigenvalue weighted by atomic mass is 32.1. The molecule has 0 spiro atoms. The number of benzene rings is 1. The third-order valence-electron chi connectivity index (χ3n) is 4.17. The lowest BCUT2D eigenvalue weighted by molar-refractivity contribution is -0.142. The first-order valence-electron chi connectivity index (χ1n) is 7.68. The molecule has 2 heterocycles. The lowest BCUT2D eigenvalue weighted by Crippen LogP contribution is -2.35. The maximum atomic E-state index is 11.2. The van der Waals surface area contributed by atoms with Gasteiger partial charge in [0.15, 0.2) is 0 Å². The minimum atomic E-state index is -0.719. The minimum Gasteiger partial charge on any atom is -0.480 e. The predicted octanol–water partition coefficient (Wildman–Crippen LogP) is 3.42. The third-order valence-corrected chi connectivity index (χ3v) is 5.11. The number of hydrogen-bond donors (Lipinski definition) is 1. The van der Waals surface area contributed by atoms with Crippen molar-refractivity contribution in [3.05, 3.63) is 40.9 Å². The summed E-state index contributed by atoms with van der Waals surface area (Å²) in [6, 6.07) is 8.14. The first kappa shape index (κ1) is 15.2. The maximum Gasteiger partial charge on any atom is 0.320 e. The molecule has 1 aliphatic heterocycles. The van der Waals surface area contributed by atoms with Crippen molar-refractivity contribution in [3.8, 4) is 10.6 Å². The second-order valence-corrected chi connectivity index (χ2v) is 6.52. The molecule has 116 valence electrons. The van der Waals surface area contributed by atoms with Gasteiger partial charge in [-0.05, 0) is 31.4 Å². The van der Waals surface area contributed by atoms with Gasteiger partial charge in [0.25, 0.3) is 0 Å². The molecule has 4 nitrogen and oxygen atoms in total. The maximum absolute atomic E-state index is 11.2. The fourth-order valence-corrected chi connectivity index (χ4v) is 3.72. The SMILES string of the molecule is CCc1ccc(-c2nc(CN3CCC[C@H]3C(=O)O)cs2)cc1. The lowest BCUT2D eigenvalue weighted by atomic mass is 10.1. The Hall–Kier alpha value is -1.72. The molecule has 1 aromatic carbocycles. The molecule has 3 rings (SSSR count). The van der Waals surface area contributed by atoms with E-state index in [4.69, 9.17) is 0 Å². The standard InChI is InChI=1S/C17H20N2O2S/c1-2-12-5-7-13(8-6-12)16-18-14(11-22-16)10-19-9-3-4-15(19)17(20)21/h5-8,11,15H,2-4,9-10H2,1H3,(H,20,21)/t15-/m0/s1. The Labute approximate surface area is 134 Å². The van der Waals surface area contributed by atoms with Crippen molar-refractivity contribution in [2.24, 2.45) is 0 Å². The number of thiazole rings is 1. The fraction of sp³-hybridized carbons (Fsp3) is 0.412. The summed E-state index contributed by atoms with van der Waals surface area (Å²) in [6.07, 6.45) is 2.73. The molecule has 1 atom stereocenters. The molecule has 1 saturated heterocycles. The van der Waals surface area contributed by atoms with Crippen LogP contribution in [0.25, 0.3) is 10.6 Å². The fourth-order valence-electron chi connectivity index (χ4n) is 2.90. The Morgan fingerprint density at radius 1 is 1.41 bits per heavy atom. The van der Waals surface area contributed by atoms with Crippen LogP contribution in [0.5, 0.6) is 0 Å². The summed E-state index contributed by atoms with van der Waals surface area (Å²) in [5.41, 5.74) is 3.42. The van der Waals surface area contributed by atoms with Gasteiger partial charge in [-0.1, -0.05) is 31.2 Å². The highest BCUT2D eigenvalue weighted by molar-refractivity contribution is 7.13. The van der Waals surface area contributed by atoms with Crippen LogP contribution in [0.15, 0.2) is 29.6 Å². The van der Waals surface area contributed by atoms with Gasteiger partial charge in [-0.15, -0.1) is 11.3 Å². The van der Waals surface area contributed by atoms with E-state index in [1.807, 2.05) is 10.3 Å². The molecule has 5 heteroatoms. The molecule has 1 aromatic heterocycles. The lowest BCUT2D eigenvalue weighted by Gasteiger charge is -2.19. The molecule has 2 aromatic rings. The van der Waals surface area contributed by atoms with Gasteiger partial charge in [0.2, 0.25) is 0 Å². The van der Waals surface area contributed by atoms with Gasteiger partial charge < -0.3 is 5.11 Å². The smallest absolute Gasteiger partial charge is 0.320 e. The van der Waals surface area contributed by atoms with Crippen molar-refractivity contribution in [2.75, 3.05) is 6.54 Å². The van der Waals surface area contributed by atoms with Crippen LogP contribution in [0.4, 0.5) is 0 Å².